The van der Waals surface area contributed by atoms with Crippen LogP contribution in [0.3, 0.4) is 0 Å². The Balaban J connectivity index is 1.39. The molecule has 0 unspecified atom stereocenters. The highest BCUT2D eigenvalue weighted by Crippen LogP contribution is 2.32. The Morgan fingerprint density at radius 1 is 0.500 bits per heavy atom. The minimum Gasteiger partial charge on any atom is -0.340 e. The molecule has 0 N–H and O–H groups in total. The average Bonchev–Trinajstić information content (AvgIpc) is 3.41. The van der Waals surface area contributed by atoms with Gasteiger partial charge in [0.15, 0.2) is 0 Å². The third-order valence-electron chi connectivity index (χ3n) is 7.53. The number of hydrogen-bond acceptors (Lipinski definition) is 0. The molecule has 0 aliphatic rings. The van der Waals surface area contributed by atoms with Crippen LogP contribution in [0.5, 0.6) is 0 Å². The second-order valence-corrected chi connectivity index (χ2v) is 9.93. The fourth-order valence-corrected chi connectivity index (χ4v) is 5.66. The van der Waals surface area contributed by atoms with Gasteiger partial charge in [0, 0.05) is 56.7 Å². The van der Waals surface area contributed by atoms with E-state index in [4.69, 9.17) is 0 Å². The summed E-state index contributed by atoms with van der Waals surface area (Å²) in [7, 11) is 0. The van der Waals surface area contributed by atoms with Gasteiger partial charge in [0.05, 0.1) is 0 Å². The van der Waals surface area contributed by atoms with Crippen molar-refractivity contribution >= 4 is 55.8 Å². The molecule has 0 bridgehead atoms. The van der Waals surface area contributed by atoms with Gasteiger partial charge < -0.3 is 9.13 Å². The Labute approximate surface area is 213 Å². The number of rotatable bonds is 8. The summed E-state index contributed by atoms with van der Waals surface area (Å²) < 4.78 is 4.98. The van der Waals surface area contributed by atoms with Gasteiger partial charge in [-0.25, -0.2) is 0 Å². The van der Waals surface area contributed by atoms with E-state index >= 15 is 0 Å². The lowest BCUT2D eigenvalue weighted by molar-refractivity contribution is 0.665. The van der Waals surface area contributed by atoms with Crippen molar-refractivity contribution in [2.45, 2.75) is 52.6 Å². The zero-order chi connectivity index (χ0) is 24.5. The minimum absolute atomic E-state index is 1.07. The molecule has 0 aliphatic heterocycles. The maximum atomic E-state index is 2.49. The third-order valence-corrected chi connectivity index (χ3v) is 7.53. The van der Waals surface area contributed by atoms with E-state index < -0.39 is 0 Å². The summed E-state index contributed by atoms with van der Waals surface area (Å²) in [4.78, 5) is 0. The first-order chi connectivity index (χ1) is 17.8. The van der Waals surface area contributed by atoms with Crippen LogP contribution in [-0.2, 0) is 13.1 Å². The number of nitrogens with zero attached hydrogens (tertiary/aromatic N) is 2. The first kappa shape index (κ1) is 22.7. The molecule has 0 amide bonds. The molecule has 0 saturated heterocycles. The monoisotopic (exact) mass is 470 g/mol. The van der Waals surface area contributed by atoms with Crippen LogP contribution in [0.15, 0.2) is 84.9 Å². The minimum atomic E-state index is 1.07. The van der Waals surface area contributed by atoms with E-state index in [0.29, 0.717) is 0 Å². The zero-order valence-corrected chi connectivity index (χ0v) is 21.4. The van der Waals surface area contributed by atoms with E-state index in [1.165, 1.54) is 80.4 Å². The van der Waals surface area contributed by atoms with Crippen molar-refractivity contribution in [1.29, 1.82) is 0 Å². The second-order valence-electron chi connectivity index (χ2n) is 9.93. The van der Waals surface area contributed by atoms with E-state index in [2.05, 4.69) is 120 Å². The quantitative estimate of drug-likeness (QED) is 0.196. The molecule has 36 heavy (non-hydrogen) atoms. The standard InChI is InChI=1S/C34H34N2/c1-3-5-21-35-31-13-9-7-11-27(31)29-23-25(17-19-33(29)35)15-16-26-18-20-34-30(24-26)28-12-8-10-14-32(28)36(34)22-6-4-2/h7-20,23-24H,3-6,21-22H2,1-2H3/b16-15+. The van der Waals surface area contributed by atoms with Crippen molar-refractivity contribution in [2.75, 3.05) is 0 Å². The molecule has 2 heteroatoms. The smallest absolute Gasteiger partial charge is 0.0491 e. The molecule has 0 atom stereocenters. The van der Waals surface area contributed by atoms with E-state index in [9.17, 15) is 0 Å². The average molecular weight is 471 g/mol. The van der Waals surface area contributed by atoms with Crippen LogP contribution >= 0.6 is 0 Å². The van der Waals surface area contributed by atoms with Crippen molar-refractivity contribution in [3.8, 4) is 0 Å². The Hall–Kier alpha value is -3.78. The van der Waals surface area contributed by atoms with Crippen molar-refractivity contribution in [2.24, 2.45) is 0 Å². The number of aryl methyl sites for hydroxylation is 2. The molecule has 2 nitrogen and oxygen atoms in total. The molecule has 0 saturated carbocycles. The highest BCUT2D eigenvalue weighted by Gasteiger charge is 2.11. The lowest BCUT2D eigenvalue weighted by Crippen LogP contribution is -1.96. The number of fused-ring (bicyclic) bond motifs is 6. The number of hydrogen-bond donors (Lipinski definition) is 0. The molecule has 0 fully saturated rings. The fourth-order valence-electron chi connectivity index (χ4n) is 5.66. The van der Waals surface area contributed by atoms with Crippen LogP contribution in [0.2, 0.25) is 0 Å². The zero-order valence-electron chi connectivity index (χ0n) is 21.4. The molecule has 0 radical (unpaired) electrons. The number of aromatic nitrogens is 2. The van der Waals surface area contributed by atoms with E-state index in [0.717, 1.165) is 13.1 Å². The lowest BCUT2D eigenvalue weighted by Gasteiger charge is -2.06. The van der Waals surface area contributed by atoms with Gasteiger partial charge in [-0.05, 0) is 60.4 Å². The number of para-hydroxylation sites is 2. The highest BCUT2D eigenvalue weighted by molar-refractivity contribution is 6.10. The van der Waals surface area contributed by atoms with Crippen LogP contribution in [-0.4, -0.2) is 9.13 Å². The molecular formula is C34H34N2. The molecule has 6 aromatic rings. The van der Waals surface area contributed by atoms with E-state index in [1.807, 2.05) is 0 Å². The predicted octanol–water partition coefficient (Wildman–Crippen LogP) is 9.67. The molecule has 2 heterocycles. The largest absolute Gasteiger partial charge is 0.340 e. The summed E-state index contributed by atoms with van der Waals surface area (Å²) in [5.74, 6) is 0. The predicted molar refractivity (Wildman–Crippen MR) is 158 cm³/mol. The maximum absolute atomic E-state index is 2.49. The summed E-state index contributed by atoms with van der Waals surface area (Å²) in [5, 5.41) is 5.39. The SMILES string of the molecule is CCCCn1c2ccccc2c2cc(/C=C/c3ccc4c(c3)c3ccccc3n4CCCC)ccc21. The third kappa shape index (κ3) is 3.91. The summed E-state index contributed by atoms with van der Waals surface area (Å²) in [6, 6.07) is 31.5. The molecule has 2 aromatic heterocycles. The lowest BCUT2D eigenvalue weighted by atomic mass is 10.1. The van der Waals surface area contributed by atoms with Gasteiger partial charge in [-0.2, -0.15) is 0 Å². The number of benzene rings is 4. The molecular weight excluding hydrogens is 436 g/mol. The second kappa shape index (κ2) is 9.70. The topological polar surface area (TPSA) is 9.86 Å². The molecule has 0 spiro atoms. The van der Waals surface area contributed by atoms with Gasteiger partial charge in [0.25, 0.3) is 0 Å². The molecule has 0 aliphatic carbocycles. The summed E-state index contributed by atoms with van der Waals surface area (Å²) in [6.07, 6.45) is 9.33. The molecule has 180 valence electrons. The van der Waals surface area contributed by atoms with Crippen molar-refractivity contribution in [3.63, 3.8) is 0 Å². The Morgan fingerprint density at radius 3 is 1.36 bits per heavy atom. The Morgan fingerprint density at radius 2 is 0.917 bits per heavy atom. The van der Waals surface area contributed by atoms with Crippen molar-refractivity contribution < 1.29 is 0 Å². The fraction of sp³-hybridized carbons (Fsp3) is 0.235. The summed E-state index contributed by atoms with van der Waals surface area (Å²) >= 11 is 0. The molecule has 4 aromatic carbocycles. The van der Waals surface area contributed by atoms with Gasteiger partial charge in [-0.1, -0.05) is 87.4 Å². The van der Waals surface area contributed by atoms with Gasteiger partial charge in [-0.15, -0.1) is 0 Å². The van der Waals surface area contributed by atoms with Crippen LogP contribution in [0.4, 0.5) is 0 Å². The van der Waals surface area contributed by atoms with Crippen LogP contribution < -0.4 is 0 Å². The molecule has 6 rings (SSSR count). The normalized spacial score (nSPS) is 12.2. The van der Waals surface area contributed by atoms with Gasteiger partial charge in [-0.3, -0.25) is 0 Å². The summed E-state index contributed by atoms with van der Waals surface area (Å²) in [6.45, 7) is 6.66. The first-order valence-corrected chi connectivity index (χ1v) is 13.5. The maximum Gasteiger partial charge on any atom is 0.0491 e. The van der Waals surface area contributed by atoms with E-state index in [1.54, 1.807) is 0 Å². The van der Waals surface area contributed by atoms with Crippen molar-refractivity contribution in [3.05, 3.63) is 96.1 Å². The first-order valence-electron chi connectivity index (χ1n) is 13.5. The highest BCUT2D eigenvalue weighted by atomic mass is 15.0. The van der Waals surface area contributed by atoms with Gasteiger partial charge in [0.2, 0.25) is 0 Å². The van der Waals surface area contributed by atoms with Gasteiger partial charge in [0.1, 0.15) is 0 Å². The summed E-state index contributed by atoms with van der Waals surface area (Å²) in [5.41, 5.74) is 7.84. The Bertz CT molecular complexity index is 1580. The van der Waals surface area contributed by atoms with Crippen LogP contribution in [0.25, 0.3) is 55.8 Å². The Kier molecular flexibility index (Phi) is 6.11. The van der Waals surface area contributed by atoms with Crippen LogP contribution in [0, 0.1) is 0 Å². The van der Waals surface area contributed by atoms with Crippen molar-refractivity contribution in [1.82, 2.24) is 9.13 Å². The van der Waals surface area contributed by atoms with E-state index in [-0.39, 0.29) is 0 Å². The van der Waals surface area contributed by atoms with Crippen LogP contribution in [0.1, 0.15) is 50.7 Å². The van der Waals surface area contributed by atoms with Gasteiger partial charge >= 0.3 is 0 Å². The number of unbranched alkanes of at least 4 members (excludes halogenated alkanes) is 2.